The first-order valence-electron chi connectivity index (χ1n) is 6.43. The third kappa shape index (κ3) is 5.20. The number of carboxylic acid groups (broad SMARTS) is 1. The molecule has 0 heterocycles. The van der Waals surface area contributed by atoms with Gasteiger partial charge < -0.3 is 20.1 Å². The van der Waals surface area contributed by atoms with Gasteiger partial charge in [0.05, 0.1) is 14.3 Å². The van der Waals surface area contributed by atoms with Crippen LogP contribution in [0.15, 0.2) is 24.3 Å². The largest absolute Gasteiger partial charge is 0.506 e. The summed E-state index contributed by atoms with van der Waals surface area (Å²) in [6.45, 7) is 0. The summed E-state index contributed by atoms with van der Waals surface area (Å²) in [6.07, 6.45) is -1.39. The molecule has 0 spiro atoms. The highest BCUT2D eigenvalue weighted by molar-refractivity contribution is 14.1. The van der Waals surface area contributed by atoms with Crippen LogP contribution in [-0.4, -0.2) is 27.4 Å². The Labute approximate surface area is 192 Å². The molecule has 0 aliphatic heterocycles. The van der Waals surface area contributed by atoms with Crippen LogP contribution < -0.4 is 4.74 Å². The van der Waals surface area contributed by atoms with Crippen LogP contribution in [0.1, 0.15) is 5.56 Å². The average molecular weight is 784 g/mol. The Bertz CT molecular complexity index is 747. The third-order valence-electron chi connectivity index (χ3n) is 2.98. The van der Waals surface area contributed by atoms with Crippen LogP contribution in [0.5, 0.6) is 17.2 Å². The quantitative estimate of drug-likeness (QED) is 0.387. The van der Waals surface area contributed by atoms with Crippen LogP contribution in [-0.2, 0) is 11.2 Å². The molecule has 1 unspecified atom stereocenters. The first kappa shape index (κ1) is 20.7. The summed E-state index contributed by atoms with van der Waals surface area (Å²) in [4.78, 5) is 10.8. The maximum Gasteiger partial charge on any atom is 0.332 e. The topological polar surface area (TPSA) is 87.0 Å². The van der Waals surface area contributed by atoms with Gasteiger partial charge >= 0.3 is 5.97 Å². The van der Waals surface area contributed by atoms with Crippen molar-refractivity contribution in [3.8, 4) is 17.2 Å². The van der Waals surface area contributed by atoms with Gasteiger partial charge in [0.25, 0.3) is 0 Å². The van der Waals surface area contributed by atoms with Gasteiger partial charge in [0.2, 0.25) is 0 Å². The molecule has 2 aromatic carbocycles. The van der Waals surface area contributed by atoms with Crippen molar-refractivity contribution in [1.29, 1.82) is 0 Å². The molecule has 0 fully saturated rings. The molecule has 9 heteroatoms. The molecule has 2 aromatic rings. The van der Waals surface area contributed by atoms with E-state index in [1.54, 1.807) is 24.3 Å². The molecule has 0 bridgehead atoms. The van der Waals surface area contributed by atoms with Crippen LogP contribution in [0.25, 0.3) is 0 Å². The zero-order valence-corrected chi connectivity index (χ0v) is 20.4. The number of ether oxygens (including phenoxy) is 1. The summed E-state index contributed by atoms with van der Waals surface area (Å²) in [6, 6.07) is 7.07. The Hall–Kier alpha value is 0.390. The maximum atomic E-state index is 10.8. The van der Waals surface area contributed by atoms with E-state index < -0.39 is 12.1 Å². The monoisotopic (exact) mass is 784 g/mol. The van der Waals surface area contributed by atoms with Gasteiger partial charge in [-0.25, -0.2) is 4.79 Å². The van der Waals surface area contributed by atoms with Gasteiger partial charge in [-0.05, 0) is 120 Å². The van der Waals surface area contributed by atoms with Crippen molar-refractivity contribution >= 4 is 96.3 Å². The molecule has 24 heavy (non-hydrogen) atoms. The van der Waals surface area contributed by atoms with Crippen LogP contribution in [0.3, 0.4) is 0 Å². The molecule has 0 saturated carbocycles. The van der Waals surface area contributed by atoms with Crippen molar-refractivity contribution in [2.75, 3.05) is 0 Å². The molecule has 2 rings (SSSR count). The van der Waals surface area contributed by atoms with E-state index in [1.165, 1.54) is 0 Å². The van der Waals surface area contributed by atoms with Crippen molar-refractivity contribution in [1.82, 2.24) is 0 Å². The lowest BCUT2D eigenvalue weighted by Crippen LogP contribution is -2.22. The number of phenols is 1. The van der Waals surface area contributed by atoms with Gasteiger partial charge in [-0.15, -0.1) is 0 Å². The van der Waals surface area contributed by atoms with Crippen LogP contribution >= 0.6 is 90.4 Å². The van der Waals surface area contributed by atoms with Gasteiger partial charge in [0, 0.05) is 6.42 Å². The minimum atomic E-state index is -1.43. The summed E-state index contributed by atoms with van der Waals surface area (Å²) in [5.41, 5.74) is 0.723. The zero-order chi connectivity index (χ0) is 18.0. The van der Waals surface area contributed by atoms with Crippen molar-refractivity contribution < 1.29 is 24.9 Å². The molecule has 0 aliphatic rings. The normalized spacial score (nSPS) is 12.0. The molecular formula is C15H10I4O5. The third-order valence-corrected chi connectivity index (χ3v) is 6.23. The number of aliphatic carboxylic acids is 1. The van der Waals surface area contributed by atoms with E-state index >= 15 is 0 Å². The van der Waals surface area contributed by atoms with Crippen molar-refractivity contribution in [3.63, 3.8) is 0 Å². The van der Waals surface area contributed by atoms with E-state index in [0.29, 0.717) is 18.6 Å². The van der Waals surface area contributed by atoms with E-state index in [4.69, 9.17) is 9.84 Å². The standard InChI is InChI=1S/C15H10I4O5/c16-8-4-7(5-9(17)13(8)21)24-14-10(18)1-6(2-11(14)19)3-12(20)15(22)23/h1-2,4-5,12,20-21H,3H2,(H,22,23)/i4+1,5+1,7+1,8+1,9+1,13+1. The Kier molecular flexibility index (Phi) is 7.64. The number of aliphatic hydroxyl groups excluding tert-OH is 1. The van der Waals surface area contributed by atoms with Crippen molar-refractivity contribution in [2.45, 2.75) is 12.5 Å². The van der Waals surface area contributed by atoms with E-state index in [0.717, 1.165) is 12.7 Å². The van der Waals surface area contributed by atoms with E-state index in [9.17, 15) is 15.0 Å². The van der Waals surface area contributed by atoms with E-state index in [-0.39, 0.29) is 12.2 Å². The van der Waals surface area contributed by atoms with Crippen LogP contribution in [0.2, 0.25) is 0 Å². The molecular weight excluding hydrogens is 774 g/mol. The van der Waals surface area contributed by atoms with Gasteiger partial charge in [0.15, 0.2) is 11.9 Å². The van der Waals surface area contributed by atoms with Crippen molar-refractivity contribution in [3.05, 3.63) is 44.1 Å². The molecule has 0 amide bonds. The Morgan fingerprint density at radius 1 is 1.00 bits per heavy atom. The minimum absolute atomic E-state index is 0.0383. The predicted octanol–water partition coefficient (Wildman–Crippen LogP) is 4.59. The Morgan fingerprint density at radius 2 is 1.50 bits per heavy atom. The van der Waals surface area contributed by atoms with E-state index in [1.807, 2.05) is 45.2 Å². The fourth-order valence-corrected chi connectivity index (χ4v) is 5.69. The lowest BCUT2D eigenvalue weighted by Gasteiger charge is -2.14. The molecule has 5 nitrogen and oxygen atoms in total. The second-order valence-corrected chi connectivity index (χ2v) is 9.43. The average Bonchev–Trinajstić information content (AvgIpc) is 2.48. The highest BCUT2D eigenvalue weighted by Gasteiger charge is 2.17. The SMILES string of the molecule is O=C(O)C(O)Cc1cc(I)c(O[13c]2[13cH][13c](I)[13c](O)[13c](I)[13cH]2)c(I)c1. The Balaban J connectivity index is 2.30. The van der Waals surface area contributed by atoms with Gasteiger partial charge in [-0.3, -0.25) is 0 Å². The number of benzene rings is 2. The molecule has 0 aliphatic carbocycles. The number of phenolic OH excluding ortho intramolecular Hbond substituents is 1. The molecule has 128 valence electrons. The fraction of sp³-hybridized carbons (Fsp3) is 0.133. The second kappa shape index (κ2) is 8.85. The van der Waals surface area contributed by atoms with E-state index in [2.05, 4.69) is 45.2 Å². The summed E-state index contributed by atoms with van der Waals surface area (Å²) in [5, 5.41) is 28.1. The molecule has 0 radical (unpaired) electrons. The number of carboxylic acids is 1. The lowest BCUT2D eigenvalue weighted by atomic mass is 10.1. The molecule has 1 atom stereocenters. The second-order valence-electron chi connectivity index (χ2n) is 4.78. The molecule has 0 aromatic heterocycles. The molecule has 0 saturated heterocycles. The first-order valence-corrected chi connectivity index (χ1v) is 10.7. The summed E-state index contributed by atoms with van der Waals surface area (Å²) >= 11 is 8.31. The number of hydrogen-bond acceptors (Lipinski definition) is 4. The van der Waals surface area contributed by atoms with Crippen molar-refractivity contribution in [2.24, 2.45) is 0 Å². The van der Waals surface area contributed by atoms with Gasteiger partial charge in [0.1, 0.15) is 11.5 Å². The lowest BCUT2D eigenvalue weighted by molar-refractivity contribution is -0.146. The fourth-order valence-electron chi connectivity index (χ4n) is 1.86. The maximum absolute atomic E-state index is 10.8. The minimum Gasteiger partial charge on any atom is -0.506 e. The zero-order valence-electron chi connectivity index (χ0n) is 11.8. The number of hydrogen-bond donors (Lipinski definition) is 3. The first-order chi connectivity index (χ1) is 11.2. The molecule has 3 N–H and O–H groups in total. The number of rotatable bonds is 5. The predicted molar refractivity (Wildman–Crippen MR) is 123 cm³/mol. The number of aromatic hydroxyl groups is 1. The summed E-state index contributed by atoms with van der Waals surface area (Å²) in [7, 11) is 0. The van der Waals surface area contributed by atoms with Crippen LogP contribution in [0.4, 0.5) is 0 Å². The number of carbonyl (C=O) groups is 1. The highest BCUT2D eigenvalue weighted by atomic mass is 127. The van der Waals surface area contributed by atoms with Gasteiger partial charge in [-0.2, -0.15) is 0 Å². The van der Waals surface area contributed by atoms with Crippen LogP contribution in [0, 0.1) is 14.3 Å². The number of halogens is 4. The smallest absolute Gasteiger partial charge is 0.332 e. The Morgan fingerprint density at radius 3 is 1.96 bits per heavy atom. The summed E-state index contributed by atoms with van der Waals surface area (Å²) < 4.78 is 8.96. The van der Waals surface area contributed by atoms with Gasteiger partial charge in [-0.1, -0.05) is 0 Å². The highest BCUT2D eigenvalue weighted by Crippen LogP contribution is 2.36. The summed E-state index contributed by atoms with van der Waals surface area (Å²) in [5.74, 6) is 0.248. The number of aliphatic hydroxyl groups is 1.